The van der Waals surface area contributed by atoms with Crippen LogP contribution in [-0.4, -0.2) is 34.7 Å². The lowest BCUT2D eigenvalue weighted by molar-refractivity contribution is -0.133. The third-order valence-corrected chi connectivity index (χ3v) is 7.51. The maximum absolute atomic E-state index is 13.6. The van der Waals surface area contributed by atoms with Gasteiger partial charge in [-0.2, -0.15) is 0 Å². The molecule has 0 unspecified atom stereocenters. The van der Waals surface area contributed by atoms with E-state index in [1.165, 1.54) is 41.7 Å². The van der Waals surface area contributed by atoms with Crippen LogP contribution >= 0.6 is 11.3 Å². The molecule has 2 aromatic carbocycles. The molecular formula is C31H40N2O2S. The van der Waals surface area contributed by atoms with Gasteiger partial charge in [-0.05, 0) is 66.5 Å². The normalized spacial score (nSPS) is 10.9. The van der Waals surface area contributed by atoms with Crippen molar-refractivity contribution in [1.82, 2.24) is 9.80 Å². The Hall–Kier alpha value is -2.92. The Bertz CT molecular complexity index is 1080. The Morgan fingerprint density at radius 1 is 0.778 bits per heavy atom. The van der Waals surface area contributed by atoms with Gasteiger partial charge in [-0.15, -0.1) is 11.3 Å². The first-order valence-electron chi connectivity index (χ1n) is 13.2. The number of carbonyl (C=O) groups excluding carboxylic acids is 2. The van der Waals surface area contributed by atoms with E-state index in [2.05, 4.69) is 37.4 Å². The number of thiophene rings is 1. The van der Waals surface area contributed by atoms with E-state index in [0.29, 0.717) is 25.2 Å². The van der Waals surface area contributed by atoms with Gasteiger partial charge in [0.05, 0.1) is 6.54 Å². The van der Waals surface area contributed by atoms with Crippen LogP contribution in [0, 0.1) is 6.92 Å². The highest BCUT2D eigenvalue weighted by molar-refractivity contribution is 7.10. The van der Waals surface area contributed by atoms with Gasteiger partial charge in [0.25, 0.3) is 5.91 Å². The van der Waals surface area contributed by atoms with Gasteiger partial charge in [-0.25, -0.2) is 0 Å². The monoisotopic (exact) mass is 504 g/mol. The van der Waals surface area contributed by atoms with Crippen LogP contribution in [0.3, 0.4) is 0 Å². The van der Waals surface area contributed by atoms with Crippen LogP contribution in [0.1, 0.15) is 77.9 Å². The fourth-order valence-corrected chi connectivity index (χ4v) is 5.23. The van der Waals surface area contributed by atoms with Crippen molar-refractivity contribution in [2.24, 2.45) is 0 Å². The third kappa shape index (κ3) is 8.34. The zero-order chi connectivity index (χ0) is 25.8. The number of unbranched alkanes of at least 4 members (excludes halogenated alkanes) is 3. The number of aryl methyl sites for hydroxylation is 2. The first-order valence-corrected chi connectivity index (χ1v) is 14.1. The molecular weight excluding hydrogens is 464 g/mol. The zero-order valence-electron chi connectivity index (χ0n) is 22.0. The first kappa shape index (κ1) is 27.7. The summed E-state index contributed by atoms with van der Waals surface area (Å²) in [6.07, 6.45) is 6.77. The second kappa shape index (κ2) is 14.6. The van der Waals surface area contributed by atoms with Crippen LogP contribution in [0.15, 0.2) is 66.0 Å². The smallest absolute Gasteiger partial charge is 0.254 e. The average molecular weight is 505 g/mol. The van der Waals surface area contributed by atoms with Gasteiger partial charge in [0, 0.05) is 23.5 Å². The van der Waals surface area contributed by atoms with Crippen LogP contribution in [0.5, 0.6) is 0 Å². The van der Waals surface area contributed by atoms with Crippen molar-refractivity contribution in [3.8, 4) is 0 Å². The molecule has 1 aromatic heterocycles. The van der Waals surface area contributed by atoms with E-state index in [1.807, 2.05) is 54.3 Å². The minimum atomic E-state index is -0.0744. The molecule has 0 aliphatic heterocycles. The molecule has 0 spiro atoms. The third-order valence-electron chi connectivity index (χ3n) is 6.50. The fourth-order valence-electron chi connectivity index (χ4n) is 4.31. The largest absolute Gasteiger partial charge is 0.332 e. The molecule has 0 bridgehead atoms. The molecule has 3 rings (SSSR count). The lowest BCUT2D eigenvalue weighted by Gasteiger charge is -2.28. The lowest BCUT2D eigenvalue weighted by atomic mass is 10.0. The van der Waals surface area contributed by atoms with E-state index in [4.69, 9.17) is 0 Å². The van der Waals surface area contributed by atoms with E-state index < -0.39 is 0 Å². The van der Waals surface area contributed by atoms with E-state index in [-0.39, 0.29) is 18.4 Å². The Kier molecular flexibility index (Phi) is 11.2. The van der Waals surface area contributed by atoms with Gasteiger partial charge in [0.2, 0.25) is 5.91 Å². The lowest BCUT2D eigenvalue weighted by Crippen LogP contribution is -2.42. The van der Waals surface area contributed by atoms with Crippen LogP contribution < -0.4 is 0 Å². The highest BCUT2D eigenvalue weighted by Crippen LogP contribution is 2.20. The molecule has 4 nitrogen and oxygen atoms in total. The van der Waals surface area contributed by atoms with Crippen molar-refractivity contribution in [1.29, 1.82) is 0 Å². The molecule has 0 saturated heterocycles. The molecule has 5 heteroatoms. The molecule has 192 valence electrons. The fraction of sp³-hybridized carbons (Fsp3) is 0.419. The Morgan fingerprint density at radius 2 is 1.53 bits per heavy atom. The summed E-state index contributed by atoms with van der Waals surface area (Å²) in [5.74, 6) is -0.101. The highest BCUT2D eigenvalue weighted by Gasteiger charge is 2.23. The van der Waals surface area contributed by atoms with Crippen molar-refractivity contribution in [3.05, 3.63) is 93.2 Å². The summed E-state index contributed by atoms with van der Waals surface area (Å²) in [6.45, 7) is 8.06. The molecule has 0 atom stereocenters. The molecule has 36 heavy (non-hydrogen) atoms. The van der Waals surface area contributed by atoms with Gasteiger partial charge in [-0.1, -0.05) is 75.6 Å². The minimum Gasteiger partial charge on any atom is -0.332 e. The van der Waals surface area contributed by atoms with Crippen LogP contribution in [0.2, 0.25) is 0 Å². The number of benzene rings is 2. The Labute approximate surface area is 221 Å². The van der Waals surface area contributed by atoms with Crippen LogP contribution in [0.25, 0.3) is 0 Å². The first-order chi connectivity index (χ1) is 17.5. The number of rotatable bonds is 14. The Morgan fingerprint density at radius 3 is 2.17 bits per heavy atom. The quantitative estimate of drug-likeness (QED) is 0.217. The number of amides is 2. The summed E-state index contributed by atoms with van der Waals surface area (Å²) >= 11 is 1.67. The molecule has 0 saturated carbocycles. The van der Waals surface area contributed by atoms with Gasteiger partial charge < -0.3 is 9.80 Å². The molecule has 0 aliphatic rings. The Balaban J connectivity index is 1.70. The summed E-state index contributed by atoms with van der Waals surface area (Å²) in [4.78, 5) is 31.7. The van der Waals surface area contributed by atoms with Crippen LogP contribution in [-0.2, 0) is 24.3 Å². The van der Waals surface area contributed by atoms with Gasteiger partial charge in [0.1, 0.15) is 6.54 Å². The second-order valence-electron chi connectivity index (χ2n) is 9.50. The summed E-state index contributed by atoms with van der Waals surface area (Å²) in [6, 6.07) is 20.1. The van der Waals surface area contributed by atoms with E-state index in [9.17, 15) is 9.59 Å². The molecule has 0 radical (unpaired) electrons. The van der Waals surface area contributed by atoms with Crippen molar-refractivity contribution < 1.29 is 9.59 Å². The number of nitrogens with zero attached hydrogens (tertiary/aromatic N) is 2. The molecule has 0 N–H and O–H groups in total. The zero-order valence-corrected chi connectivity index (χ0v) is 22.9. The minimum absolute atomic E-state index is 0.0269. The predicted octanol–water partition coefficient (Wildman–Crippen LogP) is 7.26. The van der Waals surface area contributed by atoms with E-state index >= 15 is 0 Å². The maximum atomic E-state index is 13.6. The van der Waals surface area contributed by atoms with Crippen molar-refractivity contribution in [3.63, 3.8) is 0 Å². The molecule has 0 aliphatic carbocycles. The number of hydrogen-bond donors (Lipinski definition) is 0. The summed E-state index contributed by atoms with van der Waals surface area (Å²) < 4.78 is 0. The second-order valence-corrected chi connectivity index (χ2v) is 10.5. The molecule has 0 fully saturated rings. The maximum Gasteiger partial charge on any atom is 0.254 e. The van der Waals surface area contributed by atoms with Gasteiger partial charge >= 0.3 is 0 Å². The van der Waals surface area contributed by atoms with Crippen LogP contribution in [0.4, 0.5) is 0 Å². The number of carbonyl (C=O) groups is 2. The van der Waals surface area contributed by atoms with E-state index in [0.717, 1.165) is 18.4 Å². The van der Waals surface area contributed by atoms with E-state index in [1.54, 1.807) is 16.2 Å². The van der Waals surface area contributed by atoms with Crippen molar-refractivity contribution in [2.45, 2.75) is 72.4 Å². The molecule has 2 amide bonds. The molecule has 3 aromatic rings. The molecule has 1 heterocycles. The predicted molar refractivity (Wildman–Crippen MR) is 150 cm³/mol. The summed E-state index contributed by atoms with van der Waals surface area (Å²) in [7, 11) is 0. The van der Waals surface area contributed by atoms with Gasteiger partial charge in [-0.3, -0.25) is 9.59 Å². The highest BCUT2D eigenvalue weighted by atomic mass is 32.1. The summed E-state index contributed by atoms with van der Waals surface area (Å²) in [5.41, 5.74) is 4.20. The van der Waals surface area contributed by atoms with Crippen molar-refractivity contribution >= 4 is 23.2 Å². The topological polar surface area (TPSA) is 40.6 Å². The van der Waals surface area contributed by atoms with Gasteiger partial charge in [0.15, 0.2) is 0 Å². The SMILES string of the molecule is CCCCCCc1ccc(C(=O)N(CCC)CC(=O)N(Cc2ccccc2)Cc2sccc2C)cc1. The number of hydrogen-bond acceptors (Lipinski definition) is 3. The standard InChI is InChI=1S/C31H40N2O2S/c1-4-6-7-9-12-26-15-17-28(18-16-26)31(35)32(20-5-2)24-30(34)33(22-27-13-10-8-11-14-27)23-29-25(3)19-21-36-29/h8,10-11,13-19,21H,4-7,9,12,20,22-24H2,1-3H3. The average Bonchev–Trinajstić information content (AvgIpc) is 3.30. The summed E-state index contributed by atoms with van der Waals surface area (Å²) in [5, 5.41) is 2.07. The van der Waals surface area contributed by atoms with Crippen molar-refractivity contribution in [2.75, 3.05) is 13.1 Å².